The molecule has 152 valence electrons. The first-order chi connectivity index (χ1) is 13.6. The van der Waals surface area contributed by atoms with E-state index in [1.54, 1.807) is 0 Å². The zero-order chi connectivity index (χ0) is 19.9. The zero-order valence-electron chi connectivity index (χ0n) is 16.7. The summed E-state index contributed by atoms with van der Waals surface area (Å²) in [6.45, 7) is 6.78. The first kappa shape index (κ1) is 20.0. The lowest BCUT2D eigenvalue weighted by Gasteiger charge is -2.32. The topological polar surface area (TPSA) is 86.5 Å². The second kappa shape index (κ2) is 9.48. The molecule has 1 aromatic carbocycles. The van der Waals surface area contributed by atoms with Gasteiger partial charge in [-0.2, -0.15) is 0 Å². The number of carbonyl (C=O) groups excluding carboxylic acids is 2. The molecular formula is C21H30N4O3. The summed E-state index contributed by atoms with van der Waals surface area (Å²) in [6, 6.07) is 5.95. The van der Waals surface area contributed by atoms with E-state index < -0.39 is 0 Å². The molecule has 3 N–H and O–H groups in total. The molecule has 1 atom stereocenters. The molecule has 7 nitrogen and oxygen atoms in total. The van der Waals surface area contributed by atoms with E-state index in [9.17, 15) is 9.59 Å². The van der Waals surface area contributed by atoms with Gasteiger partial charge in [0.25, 0.3) is 0 Å². The van der Waals surface area contributed by atoms with Crippen molar-refractivity contribution in [3.63, 3.8) is 0 Å². The summed E-state index contributed by atoms with van der Waals surface area (Å²) in [5.74, 6) is 1.18. The molecule has 0 unspecified atom stereocenters. The highest BCUT2D eigenvalue weighted by atomic mass is 16.5. The molecule has 7 heteroatoms. The average molecular weight is 386 g/mol. The van der Waals surface area contributed by atoms with E-state index in [4.69, 9.17) is 4.74 Å². The van der Waals surface area contributed by atoms with Crippen LogP contribution in [0.1, 0.15) is 32.3 Å². The highest BCUT2D eigenvalue weighted by Gasteiger charge is 2.23. The van der Waals surface area contributed by atoms with E-state index in [0.717, 1.165) is 48.0 Å². The summed E-state index contributed by atoms with van der Waals surface area (Å²) in [7, 11) is 0. The van der Waals surface area contributed by atoms with Gasteiger partial charge in [0.05, 0.1) is 6.61 Å². The Balaban J connectivity index is 1.53. The number of hydrogen-bond donors (Lipinski definition) is 3. The van der Waals surface area contributed by atoms with Crippen molar-refractivity contribution >= 4 is 22.8 Å². The van der Waals surface area contributed by atoms with Gasteiger partial charge in [0.2, 0.25) is 5.91 Å². The molecule has 2 aromatic rings. The highest BCUT2D eigenvalue weighted by molar-refractivity contribution is 5.89. The smallest absolute Gasteiger partial charge is 0.317 e. The van der Waals surface area contributed by atoms with Gasteiger partial charge in [0.15, 0.2) is 0 Å². The number of ether oxygens (including phenoxy) is 1. The number of carbonyl (C=O) groups is 2. The van der Waals surface area contributed by atoms with E-state index >= 15 is 0 Å². The van der Waals surface area contributed by atoms with Gasteiger partial charge in [0.1, 0.15) is 5.75 Å². The molecular weight excluding hydrogens is 356 g/mol. The molecule has 0 spiro atoms. The Morgan fingerprint density at radius 2 is 2.18 bits per heavy atom. The molecule has 1 aliphatic rings. The minimum atomic E-state index is -0.0302. The van der Waals surface area contributed by atoms with Crippen LogP contribution >= 0.6 is 0 Å². The maximum atomic E-state index is 12.5. The SMILES string of the molecule is CCOc1cccc2[nH]cc(CCNC(=O)N3CCC[C@H](CNC(C)=O)C3)c12. The number of likely N-dealkylation sites (tertiary alicyclic amines) is 1. The Morgan fingerprint density at radius 1 is 1.32 bits per heavy atom. The molecule has 1 saturated heterocycles. The lowest BCUT2D eigenvalue weighted by atomic mass is 9.98. The van der Waals surface area contributed by atoms with Crippen LogP contribution in [0.25, 0.3) is 10.9 Å². The third-order valence-corrected chi connectivity index (χ3v) is 5.17. The standard InChI is InChI=1S/C21H30N4O3/c1-3-28-19-8-4-7-18-20(19)17(13-24-18)9-10-22-21(27)25-11-5-6-16(14-25)12-23-15(2)26/h4,7-8,13,16,24H,3,5-6,9-12,14H2,1-2H3,(H,22,27)(H,23,26)/t16-/m1/s1. The van der Waals surface area contributed by atoms with Crippen molar-refractivity contribution in [2.24, 2.45) is 5.92 Å². The van der Waals surface area contributed by atoms with Crippen LogP contribution in [0.2, 0.25) is 0 Å². The highest BCUT2D eigenvalue weighted by Crippen LogP contribution is 2.29. The lowest BCUT2D eigenvalue weighted by Crippen LogP contribution is -2.47. The maximum Gasteiger partial charge on any atom is 0.317 e. The number of nitrogens with zero attached hydrogens (tertiary/aromatic N) is 1. The minimum absolute atomic E-state index is 0.0216. The number of benzene rings is 1. The number of hydrogen-bond acceptors (Lipinski definition) is 3. The molecule has 0 radical (unpaired) electrons. The summed E-state index contributed by atoms with van der Waals surface area (Å²) in [5.41, 5.74) is 2.19. The van der Waals surface area contributed by atoms with E-state index in [1.807, 2.05) is 36.2 Å². The van der Waals surface area contributed by atoms with Crippen LogP contribution in [0.15, 0.2) is 24.4 Å². The van der Waals surface area contributed by atoms with Gasteiger partial charge < -0.3 is 25.3 Å². The predicted molar refractivity (Wildman–Crippen MR) is 110 cm³/mol. The van der Waals surface area contributed by atoms with Gasteiger partial charge in [-0.05, 0) is 49.8 Å². The molecule has 3 rings (SSSR count). The Kier molecular flexibility index (Phi) is 6.79. The van der Waals surface area contributed by atoms with Gasteiger partial charge in [0, 0.05) is 50.2 Å². The molecule has 1 aromatic heterocycles. The van der Waals surface area contributed by atoms with Gasteiger partial charge >= 0.3 is 6.03 Å². The number of amides is 3. The maximum absolute atomic E-state index is 12.5. The van der Waals surface area contributed by atoms with Crippen LogP contribution in [0.3, 0.4) is 0 Å². The summed E-state index contributed by atoms with van der Waals surface area (Å²) in [6.07, 6.45) is 4.74. The van der Waals surface area contributed by atoms with Crippen molar-refractivity contribution in [1.82, 2.24) is 20.5 Å². The fraction of sp³-hybridized carbons (Fsp3) is 0.524. The van der Waals surface area contributed by atoms with Crippen molar-refractivity contribution in [2.45, 2.75) is 33.1 Å². The first-order valence-corrected chi connectivity index (χ1v) is 10.1. The van der Waals surface area contributed by atoms with Crippen molar-refractivity contribution in [2.75, 3.05) is 32.8 Å². The lowest BCUT2D eigenvalue weighted by molar-refractivity contribution is -0.119. The fourth-order valence-electron chi connectivity index (χ4n) is 3.81. The largest absolute Gasteiger partial charge is 0.493 e. The van der Waals surface area contributed by atoms with Gasteiger partial charge in [-0.15, -0.1) is 0 Å². The Bertz CT molecular complexity index is 817. The van der Waals surface area contributed by atoms with Gasteiger partial charge in [-0.3, -0.25) is 4.79 Å². The number of aromatic amines is 1. The third-order valence-electron chi connectivity index (χ3n) is 5.17. The van der Waals surface area contributed by atoms with Crippen molar-refractivity contribution in [3.05, 3.63) is 30.0 Å². The summed E-state index contributed by atoms with van der Waals surface area (Å²) in [4.78, 5) is 28.8. The molecule has 0 saturated carbocycles. The Morgan fingerprint density at radius 3 is 2.96 bits per heavy atom. The zero-order valence-corrected chi connectivity index (χ0v) is 16.7. The molecule has 28 heavy (non-hydrogen) atoms. The van der Waals surface area contributed by atoms with Crippen LogP contribution in [0.5, 0.6) is 5.75 Å². The van der Waals surface area contributed by atoms with E-state index in [0.29, 0.717) is 32.2 Å². The number of urea groups is 1. The fourth-order valence-corrected chi connectivity index (χ4v) is 3.81. The van der Waals surface area contributed by atoms with Crippen molar-refractivity contribution in [1.29, 1.82) is 0 Å². The Hall–Kier alpha value is -2.70. The van der Waals surface area contributed by atoms with Gasteiger partial charge in [-0.1, -0.05) is 6.07 Å². The average Bonchev–Trinajstić information content (AvgIpc) is 3.11. The number of rotatable bonds is 7. The second-order valence-corrected chi connectivity index (χ2v) is 7.30. The van der Waals surface area contributed by atoms with Crippen LogP contribution in [-0.4, -0.2) is 54.6 Å². The molecule has 2 heterocycles. The number of fused-ring (bicyclic) bond motifs is 1. The van der Waals surface area contributed by atoms with E-state index in [-0.39, 0.29) is 11.9 Å². The normalized spacial score (nSPS) is 16.8. The third kappa shape index (κ3) is 4.97. The number of nitrogens with one attached hydrogen (secondary N) is 3. The van der Waals surface area contributed by atoms with Gasteiger partial charge in [-0.25, -0.2) is 4.79 Å². The molecule has 3 amide bonds. The van der Waals surface area contributed by atoms with E-state index in [1.165, 1.54) is 6.92 Å². The van der Waals surface area contributed by atoms with Crippen molar-refractivity contribution in [3.8, 4) is 5.75 Å². The number of aromatic nitrogens is 1. The molecule has 0 bridgehead atoms. The van der Waals surface area contributed by atoms with E-state index in [2.05, 4.69) is 15.6 Å². The quantitative estimate of drug-likeness (QED) is 0.684. The molecule has 1 fully saturated rings. The molecule has 0 aliphatic carbocycles. The summed E-state index contributed by atoms with van der Waals surface area (Å²) < 4.78 is 5.75. The first-order valence-electron chi connectivity index (χ1n) is 10.1. The monoisotopic (exact) mass is 386 g/mol. The van der Waals surface area contributed by atoms with Crippen molar-refractivity contribution < 1.29 is 14.3 Å². The minimum Gasteiger partial charge on any atom is -0.493 e. The van der Waals surface area contributed by atoms with Crippen LogP contribution in [-0.2, 0) is 11.2 Å². The van der Waals surface area contributed by atoms with Crippen LogP contribution in [0, 0.1) is 5.92 Å². The summed E-state index contributed by atoms with van der Waals surface area (Å²) >= 11 is 0. The number of H-pyrrole nitrogens is 1. The van der Waals surface area contributed by atoms with Crippen LogP contribution in [0.4, 0.5) is 4.79 Å². The molecule has 1 aliphatic heterocycles. The summed E-state index contributed by atoms with van der Waals surface area (Å²) in [5, 5.41) is 6.98. The van der Waals surface area contributed by atoms with Crippen LogP contribution < -0.4 is 15.4 Å². The predicted octanol–water partition coefficient (Wildman–Crippen LogP) is 2.67. The second-order valence-electron chi connectivity index (χ2n) is 7.30. The number of piperidine rings is 1. The Labute approximate surface area is 165 Å².